The maximum Gasteiger partial charge on any atom is 0.171 e. The van der Waals surface area contributed by atoms with E-state index in [1.54, 1.807) is 6.92 Å². The molecule has 2 aromatic rings. The van der Waals surface area contributed by atoms with Gasteiger partial charge in [0, 0.05) is 13.5 Å². The molecule has 0 saturated carbocycles. The Morgan fingerprint density at radius 3 is 2.74 bits per heavy atom. The van der Waals surface area contributed by atoms with Crippen LogP contribution in [-0.4, -0.2) is 12.3 Å². The van der Waals surface area contributed by atoms with Crippen molar-refractivity contribution in [3.05, 3.63) is 46.3 Å². The molecular weight excluding hydrogens is 256 g/mol. The predicted molar refractivity (Wildman–Crippen MR) is 82.1 cm³/mol. The van der Waals surface area contributed by atoms with Gasteiger partial charge in [-0.3, -0.25) is 4.79 Å². The van der Waals surface area contributed by atoms with E-state index >= 15 is 0 Å². The maximum absolute atomic E-state index is 11.3. The van der Waals surface area contributed by atoms with Crippen molar-refractivity contribution in [2.75, 3.05) is 17.6 Å². The lowest BCUT2D eigenvalue weighted by Crippen LogP contribution is -2.04. The first kappa shape index (κ1) is 13.6. The Labute approximate surface area is 117 Å². The van der Waals surface area contributed by atoms with Gasteiger partial charge in [0.1, 0.15) is 0 Å². The summed E-state index contributed by atoms with van der Waals surface area (Å²) < 4.78 is 0. The van der Waals surface area contributed by atoms with Gasteiger partial charge in [-0.05, 0) is 30.5 Å². The Hall–Kier alpha value is -1.81. The molecule has 1 aromatic carbocycles. The Balaban J connectivity index is 1.95. The highest BCUT2D eigenvalue weighted by molar-refractivity contribution is 7.18. The lowest BCUT2D eigenvalue weighted by Gasteiger charge is -2.06. The van der Waals surface area contributed by atoms with Crippen LogP contribution in [-0.2, 0) is 6.42 Å². The van der Waals surface area contributed by atoms with Crippen LogP contribution >= 0.6 is 11.3 Å². The Morgan fingerprint density at radius 2 is 2.11 bits per heavy atom. The number of carbonyl (C=O) groups excluding carboxylic acids is 1. The number of nitrogens with two attached hydrogens (primary N) is 1. The van der Waals surface area contributed by atoms with Crippen LogP contribution in [0, 0.1) is 6.92 Å². The molecule has 0 atom stereocenters. The minimum atomic E-state index is 0.0226. The average molecular weight is 274 g/mol. The van der Waals surface area contributed by atoms with Crippen molar-refractivity contribution in [1.29, 1.82) is 0 Å². The summed E-state index contributed by atoms with van der Waals surface area (Å²) in [4.78, 5) is 12.0. The summed E-state index contributed by atoms with van der Waals surface area (Å²) in [5.74, 6) is 0.0226. The van der Waals surface area contributed by atoms with Crippen LogP contribution in [0.3, 0.4) is 0 Å². The highest BCUT2D eigenvalue weighted by atomic mass is 32.1. The summed E-state index contributed by atoms with van der Waals surface area (Å²) in [7, 11) is 0. The molecule has 0 aliphatic rings. The molecule has 2 rings (SSSR count). The van der Waals surface area contributed by atoms with Gasteiger partial charge >= 0.3 is 0 Å². The van der Waals surface area contributed by atoms with Crippen LogP contribution in [0.15, 0.2) is 30.3 Å². The van der Waals surface area contributed by atoms with Crippen molar-refractivity contribution >= 4 is 27.8 Å². The molecule has 0 fully saturated rings. The fourth-order valence-corrected chi connectivity index (χ4v) is 2.88. The van der Waals surface area contributed by atoms with Crippen LogP contribution in [0.2, 0.25) is 0 Å². The molecule has 19 heavy (non-hydrogen) atoms. The third kappa shape index (κ3) is 3.35. The summed E-state index contributed by atoms with van der Waals surface area (Å²) in [6.45, 7) is 4.49. The van der Waals surface area contributed by atoms with Crippen molar-refractivity contribution in [2.24, 2.45) is 0 Å². The SMILES string of the molecule is CC(=O)c1sc(NCCc2ccccc2C)cc1N. The fourth-order valence-electron chi connectivity index (χ4n) is 1.98. The highest BCUT2D eigenvalue weighted by Crippen LogP contribution is 2.29. The number of Topliss-reactive ketones (excluding diaryl/α,β-unsaturated/α-hetero) is 1. The van der Waals surface area contributed by atoms with E-state index < -0.39 is 0 Å². The Bertz CT molecular complexity index is 590. The first-order valence-electron chi connectivity index (χ1n) is 6.26. The van der Waals surface area contributed by atoms with E-state index in [4.69, 9.17) is 5.73 Å². The number of hydrogen-bond donors (Lipinski definition) is 2. The largest absolute Gasteiger partial charge is 0.397 e. The molecule has 3 N–H and O–H groups in total. The van der Waals surface area contributed by atoms with Gasteiger partial charge in [0.25, 0.3) is 0 Å². The first-order valence-corrected chi connectivity index (χ1v) is 7.08. The molecule has 3 nitrogen and oxygen atoms in total. The molecule has 0 saturated heterocycles. The lowest BCUT2D eigenvalue weighted by atomic mass is 10.1. The number of ketones is 1. The molecule has 0 radical (unpaired) electrons. The first-order chi connectivity index (χ1) is 9.08. The van der Waals surface area contributed by atoms with Crippen LogP contribution in [0.5, 0.6) is 0 Å². The molecule has 0 bridgehead atoms. The van der Waals surface area contributed by atoms with Crippen molar-refractivity contribution in [3.63, 3.8) is 0 Å². The summed E-state index contributed by atoms with van der Waals surface area (Å²) in [6.07, 6.45) is 0.958. The zero-order valence-electron chi connectivity index (χ0n) is 11.2. The normalized spacial score (nSPS) is 10.4. The number of anilines is 2. The molecule has 100 valence electrons. The van der Waals surface area contributed by atoms with Crippen molar-refractivity contribution in [2.45, 2.75) is 20.3 Å². The fraction of sp³-hybridized carbons (Fsp3) is 0.267. The van der Waals surface area contributed by atoms with Gasteiger partial charge in [-0.25, -0.2) is 0 Å². The van der Waals surface area contributed by atoms with Crippen molar-refractivity contribution in [1.82, 2.24) is 0 Å². The second-order valence-electron chi connectivity index (χ2n) is 4.55. The summed E-state index contributed by atoms with van der Waals surface area (Å²) in [5, 5.41) is 4.28. The van der Waals surface area contributed by atoms with E-state index in [0.29, 0.717) is 10.6 Å². The molecule has 4 heteroatoms. The van der Waals surface area contributed by atoms with Crippen LogP contribution in [0.4, 0.5) is 10.7 Å². The summed E-state index contributed by atoms with van der Waals surface area (Å²) >= 11 is 1.42. The van der Waals surface area contributed by atoms with E-state index in [1.807, 2.05) is 12.1 Å². The van der Waals surface area contributed by atoms with E-state index in [9.17, 15) is 4.79 Å². The predicted octanol–water partition coefficient (Wildman–Crippen LogP) is 3.50. The molecule has 0 amide bonds. The van der Waals surface area contributed by atoms with Crippen LogP contribution in [0.1, 0.15) is 27.7 Å². The van der Waals surface area contributed by atoms with Gasteiger partial charge in [-0.15, -0.1) is 11.3 Å². The topological polar surface area (TPSA) is 55.1 Å². The van der Waals surface area contributed by atoms with Gasteiger partial charge in [-0.2, -0.15) is 0 Å². The van der Waals surface area contributed by atoms with E-state index in [1.165, 1.54) is 22.5 Å². The molecule has 0 aliphatic heterocycles. The molecule has 1 heterocycles. The molecule has 0 unspecified atom stereocenters. The van der Waals surface area contributed by atoms with Gasteiger partial charge in [-0.1, -0.05) is 24.3 Å². The van der Waals surface area contributed by atoms with Gasteiger partial charge in [0.05, 0.1) is 15.6 Å². The lowest BCUT2D eigenvalue weighted by molar-refractivity contribution is 0.102. The number of hydrogen-bond acceptors (Lipinski definition) is 4. The third-order valence-electron chi connectivity index (χ3n) is 3.04. The second kappa shape index (κ2) is 5.89. The van der Waals surface area contributed by atoms with Crippen LogP contribution in [0.25, 0.3) is 0 Å². The number of carbonyl (C=O) groups is 1. The molecule has 1 aromatic heterocycles. The Morgan fingerprint density at radius 1 is 1.37 bits per heavy atom. The monoisotopic (exact) mass is 274 g/mol. The zero-order valence-corrected chi connectivity index (χ0v) is 12.0. The van der Waals surface area contributed by atoms with Gasteiger partial charge in [0.15, 0.2) is 5.78 Å². The number of benzene rings is 1. The number of nitrogen functional groups attached to an aromatic ring is 1. The minimum absolute atomic E-state index is 0.0226. The van der Waals surface area contributed by atoms with Gasteiger partial charge < -0.3 is 11.1 Å². The maximum atomic E-state index is 11.3. The summed E-state index contributed by atoms with van der Waals surface area (Å²) in [6, 6.07) is 10.2. The third-order valence-corrected chi connectivity index (χ3v) is 4.24. The number of thiophene rings is 1. The minimum Gasteiger partial charge on any atom is -0.397 e. The molecule has 0 aliphatic carbocycles. The van der Waals surface area contributed by atoms with Crippen molar-refractivity contribution in [3.8, 4) is 0 Å². The van der Waals surface area contributed by atoms with E-state index in [2.05, 4.69) is 30.4 Å². The van der Waals surface area contributed by atoms with Crippen molar-refractivity contribution < 1.29 is 4.79 Å². The second-order valence-corrected chi connectivity index (χ2v) is 5.61. The van der Waals surface area contributed by atoms with E-state index in [-0.39, 0.29) is 5.78 Å². The zero-order chi connectivity index (χ0) is 13.8. The highest BCUT2D eigenvalue weighted by Gasteiger charge is 2.09. The Kier molecular flexibility index (Phi) is 4.22. The average Bonchev–Trinajstić information content (AvgIpc) is 2.73. The number of rotatable bonds is 5. The summed E-state index contributed by atoms with van der Waals surface area (Å²) in [5.41, 5.74) is 9.01. The quantitative estimate of drug-likeness (QED) is 0.820. The standard InChI is InChI=1S/C15H18N2OS/c1-10-5-3-4-6-12(10)7-8-17-14-9-13(16)15(19-14)11(2)18/h3-6,9,17H,7-8,16H2,1-2H3. The van der Waals surface area contributed by atoms with E-state index in [0.717, 1.165) is 18.0 Å². The smallest absolute Gasteiger partial charge is 0.171 e. The van der Waals surface area contributed by atoms with Crippen LogP contribution < -0.4 is 11.1 Å². The number of nitrogens with one attached hydrogen (secondary N) is 1. The molecule has 0 spiro atoms. The van der Waals surface area contributed by atoms with Gasteiger partial charge in [0.2, 0.25) is 0 Å². The molecular formula is C15H18N2OS. The number of aryl methyl sites for hydroxylation is 1.